The van der Waals surface area contributed by atoms with Crippen LogP contribution >= 0.6 is 15.9 Å². The van der Waals surface area contributed by atoms with Crippen molar-refractivity contribution in [2.24, 2.45) is 0 Å². The topological polar surface area (TPSA) is 91.0 Å². The van der Waals surface area contributed by atoms with E-state index >= 15 is 8.78 Å². The minimum Gasteiger partial charge on any atom is -0.322 e. The van der Waals surface area contributed by atoms with Crippen LogP contribution < -0.4 is 10.2 Å². The van der Waals surface area contributed by atoms with Crippen molar-refractivity contribution >= 4 is 49.4 Å². The fourth-order valence-electron chi connectivity index (χ4n) is 4.70. The maximum atomic E-state index is 15.1. The van der Waals surface area contributed by atoms with Crippen LogP contribution in [0.1, 0.15) is 44.5 Å². The molecular formula is C28H22BrF2N5O2Si. The molecule has 3 aromatic carbocycles. The zero-order chi connectivity index (χ0) is 27.9. The number of aromatic nitrogens is 2. The summed E-state index contributed by atoms with van der Waals surface area (Å²) < 4.78 is 32.3. The number of hydrogen-bond acceptors (Lipinski definition) is 4. The number of carbonyl (C=O) groups excluding carboxylic acids is 2. The Kier molecular flexibility index (Phi) is 6.70. The first kappa shape index (κ1) is 26.5. The summed E-state index contributed by atoms with van der Waals surface area (Å²) in [4.78, 5) is 28.6. The summed E-state index contributed by atoms with van der Waals surface area (Å²) >= 11 is 3.28. The fraction of sp³-hybridized carbons (Fsp3) is 0.143. The second-order valence-corrected chi connectivity index (χ2v) is 12.8. The Morgan fingerprint density at radius 3 is 2.46 bits per heavy atom. The maximum absolute atomic E-state index is 15.1. The lowest BCUT2D eigenvalue weighted by Crippen LogP contribution is -2.58. The first-order chi connectivity index (χ1) is 18.5. The first-order valence-electron chi connectivity index (χ1n) is 12.0. The van der Waals surface area contributed by atoms with Crippen LogP contribution in [0.25, 0.3) is 0 Å². The zero-order valence-corrected chi connectivity index (χ0v) is 24.5. The van der Waals surface area contributed by atoms with Crippen LogP contribution in [0.15, 0.2) is 83.5 Å². The summed E-state index contributed by atoms with van der Waals surface area (Å²) in [6, 6.07) is 20.1. The van der Waals surface area contributed by atoms with Crippen LogP contribution in [-0.2, 0) is 12.5 Å². The van der Waals surface area contributed by atoms with Gasteiger partial charge in [-0.05, 0) is 53.2 Å². The third-order valence-corrected chi connectivity index (χ3v) is 8.06. The standard InChI is InChI=1S/C28H22BrF2N5O2Si/c1-27(39)16-35-24(22(15-33-35)25(37)34-20-9-12-23(29)17(13-20)14-32)26(38)36(27)21-10-7-19(8-11-21)28(30,31)18-5-3-2-4-6-18/h2-13,15H,16H2,1,39H3,(H,34,37)/t27-/m0/s1. The highest BCUT2D eigenvalue weighted by Gasteiger charge is 2.42. The van der Waals surface area contributed by atoms with E-state index in [0.717, 1.165) is 0 Å². The number of rotatable bonds is 5. The molecule has 1 atom stereocenters. The predicted octanol–water partition coefficient (Wildman–Crippen LogP) is 4.65. The van der Waals surface area contributed by atoms with Gasteiger partial charge in [-0.2, -0.15) is 19.1 Å². The van der Waals surface area contributed by atoms with Gasteiger partial charge in [0.05, 0.1) is 23.9 Å². The van der Waals surface area contributed by atoms with E-state index in [1.807, 2.05) is 13.0 Å². The molecule has 7 nitrogen and oxygen atoms in total. The van der Waals surface area contributed by atoms with Crippen molar-refractivity contribution in [2.75, 3.05) is 10.2 Å². The van der Waals surface area contributed by atoms with Crippen molar-refractivity contribution in [1.82, 2.24) is 9.78 Å². The molecule has 5 rings (SSSR count). The van der Waals surface area contributed by atoms with Crippen LogP contribution in [0.5, 0.6) is 0 Å². The van der Waals surface area contributed by atoms with Crippen LogP contribution in [0.2, 0.25) is 0 Å². The molecule has 1 aromatic heterocycles. The smallest absolute Gasteiger partial charge is 0.298 e. The summed E-state index contributed by atoms with van der Waals surface area (Å²) in [6.45, 7) is 2.24. The SMILES string of the molecule is C[C@]1([SiH3])Cn2ncc(C(=O)Nc3ccc(Br)c(C#N)c3)c2C(=O)N1c1ccc(C(F)(F)c2ccccc2)cc1. The van der Waals surface area contributed by atoms with E-state index in [9.17, 15) is 14.9 Å². The molecule has 1 aliphatic rings. The molecule has 2 amide bonds. The highest BCUT2D eigenvalue weighted by atomic mass is 79.9. The van der Waals surface area contributed by atoms with Crippen molar-refractivity contribution in [3.8, 4) is 6.07 Å². The number of nitriles is 1. The van der Waals surface area contributed by atoms with Gasteiger partial charge in [-0.3, -0.25) is 14.3 Å². The first-order valence-corrected chi connectivity index (χ1v) is 13.8. The Bertz CT molecular complexity index is 1630. The molecule has 0 bridgehead atoms. The number of benzene rings is 3. The highest BCUT2D eigenvalue weighted by molar-refractivity contribution is 9.10. The van der Waals surface area contributed by atoms with Gasteiger partial charge in [-0.1, -0.05) is 42.5 Å². The Morgan fingerprint density at radius 2 is 1.79 bits per heavy atom. The van der Waals surface area contributed by atoms with E-state index in [2.05, 4.69) is 26.3 Å². The van der Waals surface area contributed by atoms with Gasteiger partial charge in [-0.15, -0.1) is 0 Å². The van der Waals surface area contributed by atoms with Gasteiger partial charge in [0.25, 0.3) is 17.7 Å². The minimum absolute atomic E-state index is 0.0795. The number of nitrogens with zero attached hydrogens (tertiary/aromatic N) is 4. The van der Waals surface area contributed by atoms with Gasteiger partial charge in [0.15, 0.2) is 0 Å². The Labute approximate surface area is 234 Å². The molecule has 0 radical (unpaired) electrons. The van der Waals surface area contributed by atoms with Crippen molar-refractivity contribution in [3.63, 3.8) is 0 Å². The number of carbonyl (C=O) groups is 2. The summed E-state index contributed by atoms with van der Waals surface area (Å²) in [7, 11) is 0.549. The van der Waals surface area contributed by atoms with Gasteiger partial charge < -0.3 is 10.2 Å². The van der Waals surface area contributed by atoms with Gasteiger partial charge in [0, 0.05) is 42.4 Å². The van der Waals surface area contributed by atoms with Crippen LogP contribution in [0, 0.1) is 11.3 Å². The van der Waals surface area contributed by atoms with Gasteiger partial charge in [0.1, 0.15) is 11.8 Å². The van der Waals surface area contributed by atoms with Crippen LogP contribution in [0.3, 0.4) is 0 Å². The van der Waals surface area contributed by atoms with E-state index in [-0.39, 0.29) is 22.4 Å². The number of alkyl halides is 2. The number of hydrogen-bond donors (Lipinski definition) is 1. The van der Waals surface area contributed by atoms with Crippen molar-refractivity contribution in [2.45, 2.75) is 24.6 Å². The lowest BCUT2D eigenvalue weighted by atomic mass is 9.99. The van der Waals surface area contributed by atoms with E-state index in [4.69, 9.17) is 0 Å². The highest BCUT2D eigenvalue weighted by Crippen LogP contribution is 2.38. The molecule has 0 saturated heterocycles. The summed E-state index contributed by atoms with van der Waals surface area (Å²) in [5.41, 5.74) is 1.08. The molecule has 1 N–H and O–H groups in total. The maximum Gasteiger partial charge on any atom is 0.298 e. The van der Waals surface area contributed by atoms with Crippen molar-refractivity contribution in [3.05, 3.63) is 111 Å². The second kappa shape index (κ2) is 9.87. The van der Waals surface area contributed by atoms with E-state index in [1.54, 1.807) is 35.2 Å². The fourth-order valence-corrected chi connectivity index (χ4v) is 5.80. The average Bonchev–Trinajstić information content (AvgIpc) is 3.33. The zero-order valence-electron chi connectivity index (χ0n) is 21.0. The Balaban J connectivity index is 1.45. The molecule has 2 heterocycles. The largest absolute Gasteiger partial charge is 0.322 e. The molecule has 196 valence electrons. The number of amides is 2. The monoisotopic (exact) mass is 605 g/mol. The number of anilines is 2. The van der Waals surface area contributed by atoms with E-state index in [0.29, 0.717) is 38.2 Å². The van der Waals surface area contributed by atoms with E-state index < -0.39 is 22.9 Å². The minimum atomic E-state index is -3.20. The van der Waals surface area contributed by atoms with Crippen molar-refractivity contribution < 1.29 is 18.4 Å². The van der Waals surface area contributed by atoms with Crippen LogP contribution in [0.4, 0.5) is 20.2 Å². The molecular weight excluding hydrogens is 584 g/mol. The second-order valence-electron chi connectivity index (χ2n) is 9.77. The van der Waals surface area contributed by atoms with E-state index in [1.165, 1.54) is 53.3 Å². The third-order valence-electron chi connectivity index (χ3n) is 6.60. The summed E-state index contributed by atoms with van der Waals surface area (Å²) in [6.07, 6.45) is 1.34. The molecule has 11 heteroatoms. The van der Waals surface area contributed by atoms with Gasteiger partial charge in [0.2, 0.25) is 0 Å². The molecule has 0 aliphatic carbocycles. The Hall–Kier alpha value is -4.14. The predicted molar refractivity (Wildman–Crippen MR) is 150 cm³/mol. The number of fused-ring (bicyclic) bond motifs is 1. The average molecular weight is 607 g/mol. The molecule has 39 heavy (non-hydrogen) atoms. The third kappa shape index (κ3) is 4.77. The van der Waals surface area contributed by atoms with Crippen molar-refractivity contribution in [1.29, 1.82) is 5.26 Å². The lowest BCUT2D eigenvalue weighted by Gasteiger charge is -2.42. The molecule has 0 fully saturated rings. The summed E-state index contributed by atoms with van der Waals surface area (Å²) in [5.74, 6) is -4.19. The molecule has 0 saturated carbocycles. The molecule has 0 spiro atoms. The molecule has 1 aliphatic heterocycles. The normalized spacial score (nSPS) is 17.0. The molecule has 0 unspecified atom stereocenters. The van der Waals surface area contributed by atoms with Gasteiger partial charge in [-0.25, -0.2) is 0 Å². The Morgan fingerprint density at radius 1 is 1.13 bits per heavy atom. The van der Waals surface area contributed by atoms with Gasteiger partial charge >= 0.3 is 0 Å². The number of nitrogens with one attached hydrogen (secondary N) is 1. The summed E-state index contributed by atoms with van der Waals surface area (Å²) in [5, 5.41) is 15.7. The number of halogens is 3. The lowest BCUT2D eigenvalue weighted by molar-refractivity contribution is 0.0428. The quantitative estimate of drug-likeness (QED) is 0.335. The van der Waals surface area contributed by atoms with Crippen LogP contribution in [-0.4, -0.2) is 37.0 Å². The molecule has 4 aromatic rings.